The number of carbonyl (C=O) groups is 1. The number of hydrogen-bond acceptors (Lipinski definition) is 5. The van der Waals surface area contributed by atoms with Crippen molar-refractivity contribution >= 4 is 11.7 Å². The molecule has 1 unspecified atom stereocenters. The lowest BCUT2D eigenvalue weighted by molar-refractivity contribution is 0.0527. The van der Waals surface area contributed by atoms with Crippen molar-refractivity contribution in [1.29, 1.82) is 0 Å². The summed E-state index contributed by atoms with van der Waals surface area (Å²) >= 11 is 0. The number of aromatic nitrogens is 1. The van der Waals surface area contributed by atoms with Crippen LogP contribution in [0.3, 0.4) is 0 Å². The molecule has 0 aromatic carbocycles. The predicted molar refractivity (Wildman–Crippen MR) is 83.4 cm³/mol. The summed E-state index contributed by atoms with van der Waals surface area (Å²) in [7, 11) is 0. The molecule has 0 aliphatic rings. The van der Waals surface area contributed by atoms with E-state index < -0.39 is 5.97 Å². The number of esters is 1. The first kappa shape index (κ1) is 17.3. The van der Waals surface area contributed by atoms with Crippen LogP contribution >= 0.6 is 0 Å². The Bertz CT molecular complexity index is 449. The van der Waals surface area contributed by atoms with E-state index in [2.05, 4.69) is 18.8 Å². The van der Waals surface area contributed by atoms with Gasteiger partial charge >= 0.3 is 5.97 Å². The number of rotatable bonds is 9. The van der Waals surface area contributed by atoms with Crippen molar-refractivity contribution in [2.24, 2.45) is 5.92 Å². The van der Waals surface area contributed by atoms with Gasteiger partial charge in [0.2, 0.25) is 5.88 Å². The number of nitrogen functional groups attached to an aromatic ring is 1. The van der Waals surface area contributed by atoms with Crippen LogP contribution < -0.4 is 10.5 Å². The second-order valence-electron chi connectivity index (χ2n) is 5.06. The molecule has 21 heavy (non-hydrogen) atoms. The van der Waals surface area contributed by atoms with Crippen molar-refractivity contribution in [3.63, 3.8) is 0 Å². The summed E-state index contributed by atoms with van der Waals surface area (Å²) in [6, 6.07) is 1.56. The van der Waals surface area contributed by atoms with Gasteiger partial charge in [-0.2, -0.15) is 0 Å². The van der Waals surface area contributed by atoms with Gasteiger partial charge in [-0.3, -0.25) is 0 Å². The predicted octanol–water partition coefficient (Wildman–Crippen LogP) is 3.44. The van der Waals surface area contributed by atoms with Gasteiger partial charge in [-0.05, 0) is 19.3 Å². The molecular formula is C16H26N2O3. The van der Waals surface area contributed by atoms with Crippen LogP contribution in [0.2, 0.25) is 0 Å². The zero-order valence-corrected chi connectivity index (χ0v) is 13.2. The number of carbonyl (C=O) groups excluding carboxylic acids is 1. The highest BCUT2D eigenvalue weighted by Crippen LogP contribution is 2.20. The first-order valence-corrected chi connectivity index (χ1v) is 7.67. The van der Waals surface area contributed by atoms with E-state index in [4.69, 9.17) is 15.2 Å². The van der Waals surface area contributed by atoms with Crippen molar-refractivity contribution in [2.75, 3.05) is 18.9 Å². The Morgan fingerprint density at radius 1 is 1.38 bits per heavy atom. The monoisotopic (exact) mass is 294 g/mol. The van der Waals surface area contributed by atoms with Gasteiger partial charge in [0.15, 0.2) is 0 Å². The maximum absolute atomic E-state index is 11.8. The molecule has 0 amide bonds. The smallest absolute Gasteiger partial charge is 0.340 e. The van der Waals surface area contributed by atoms with Gasteiger partial charge in [0, 0.05) is 6.07 Å². The lowest BCUT2D eigenvalue weighted by atomic mass is 10.0. The number of hydrogen-bond donors (Lipinski definition) is 1. The molecule has 0 aliphatic heterocycles. The van der Waals surface area contributed by atoms with Gasteiger partial charge in [0.1, 0.15) is 0 Å². The van der Waals surface area contributed by atoms with E-state index in [0.29, 0.717) is 36.3 Å². The molecule has 0 bridgehead atoms. The third kappa shape index (κ3) is 5.61. The van der Waals surface area contributed by atoms with E-state index >= 15 is 0 Å². The van der Waals surface area contributed by atoms with E-state index in [1.165, 1.54) is 19.0 Å². The maximum Gasteiger partial charge on any atom is 0.340 e. The van der Waals surface area contributed by atoms with Gasteiger partial charge in [-0.1, -0.05) is 33.1 Å². The van der Waals surface area contributed by atoms with Crippen LogP contribution in [-0.4, -0.2) is 24.2 Å². The number of nitrogens with two attached hydrogens (primary N) is 1. The minimum Gasteiger partial charge on any atom is -0.477 e. The van der Waals surface area contributed by atoms with Crippen LogP contribution in [0.15, 0.2) is 12.3 Å². The summed E-state index contributed by atoms with van der Waals surface area (Å²) in [4.78, 5) is 15.9. The Morgan fingerprint density at radius 2 is 2.14 bits per heavy atom. The summed E-state index contributed by atoms with van der Waals surface area (Å²) in [6.07, 6.45) is 6.04. The largest absolute Gasteiger partial charge is 0.477 e. The molecule has 1 aromatic heterocycles. The summed E-state index contributed by atoms with van der Waals surface area (Å²) in [5.74, 6) is 0.484. The normalized spacial score (nSPS) is 12.0. The zero-order valence-electron chi connectivity index (χ0n) is 13.2. The molecule has 0 fully saturated rings. The Morgan fingerprint density at radius 3 is 2.76 bits per heavy atom. The molecule has 0 radical (unpaired) electrons. The Hall–Kier alpha value is -1.78. The average molecular weight is 294 g/mol. The molecule has 1 heterocycles. The van der Waals surface area contributed by atoms with Crippen LogP contribution in [0.5, 0.6) is 5.88 Å². The molecule has 0 saturated heterocycles. The van der Waals surface area contributed by atoms with E-state index in [1.807, 2.05) is 0 Å². The van der Waals surface area contributed by atoms with Crippen molar-refractivity contribution in [3.8, 4) is 5.88 Å². The summed E-state index contributed by atoms with van der Waals surface area (Å²) in [5.41, 5.74) is 6.36. The van der Waals surface area contributed by atoms with Crippen LogP contribution in [0.1, 0.15) is 56.8 Å². The maximum atomic E-state index is 11.8. The van der Waals surface area contributed by atoms with Gasteiger partial charge < -0.3 is 15.2 Å². The lowest BCUT2D eigenvalue weighted by Gasteiger charge is -2.15. The second-order valence-corrected chi connectivity index (χ2v) is 5.06. The Labute approximate surface area is 126 Å². The topological polar surface area (TPSA) is 74.4 Å². The van der Waals surface area contributed by atoms with E-state index in [0.717, 1.165) is 12.8 Å². The van der Waals surface area contributed by atoms with E-state index in [9.17, 15) is 4.79 Å². The van der Waals surface area contributed by atoms with Crippen molar-refractivity contribution in [1.82, 2.24) is 4.98 Å². The molecule has 0 saturated carbocycles. The molecule has 2 N–H and O–H groups in total. The molecule has 0 aliphatic carbocycles. The van der Waals surface area contributed by atoms with Crippen LogP contribution in [0.25, 0.3) is 0 Å². The summed E-state index contributed by atoms with van der Waals surface area (Å²) in [6.45, 7) is 7.01. The first-order chi connectivity index (χ1) is 10.1. The minimum atomic E-state index is -0.444. The van der Waals surface area contributed by atoms with Gasteiger partial charge in [-0.15, -0.1) is 0 Å². The quantitative estimate of drug-likeness (QED) is 0.706. The van der Waals surface area contributed by atoms with Crippen LogP contribution in [0, 0.1) is 5.92 Å². The lowest BCUT2D eigenvalue weighted by Crippen LogP contribution is -2.13. The standard InChI is InChI=1S/C16H26N2O3/c1-4-7-8-12(5-2)11-21-15-9-13(14(17)10-18-15)16(19)20-6-3/h9-10,12H,4-8,11,17H2,1-3H3. The molecule has 1 atom stereocenters. The molecule has 1 aromatic rings. The number of anilines is 1. The molecule has 5 nitrogen and oxygen atoms in total. The zero-order chi connectivity index (χ0) is 15.7. The van der Waals surface area contributed by atoms with Gasteiger partial charge in [0.05, 0.1) is 30.7 Å². The van der Waals surface area contributed by atoms with E-state index in [-0.39, 0.29) is 0 Å². The molecule has 5 heteroatoms. The summed E-state index contributed by atoms with van der Waals surface area (Å²) < 4.78 is 10.7. The van der Waals surface area contributed by atoms with E-state index in [1.54, 1.807) is 13.0 Å². The van der Waals surface area contributed by atoms with Crippen molar-refractivity contribution in [3.05, 3.63) is 17.8 Å². The summed E-state index contributed by atoms with van der Waals surface area (Å²) in [5, 5.41) is 0. The van der Waals surface area contributed by atoms with Crippen molar-refractivity contribution in [2.45, 2.75) is 46.5 Å². The number of ether oxygens (including phenoxy) is 2. The Kier molecular flexibility index (Phi) is 7.58. The highest BCUT2D eigenvalue weighted by Gasteiger charge is 2.14. The highest BCUT2D eigenvalue weighted by atomic mass is 16.5. The van der Waals surface area contributed by atoms with Crippen molar-refractivity contribution < 1.29 is 14.3 Å². The average Bonchev–Trinajstić information content (AvgIpc) is 2.49. The Balaban J connectivity index is 2.67. The fourth-order valence-electron chi connectivity index (χ4n) is 2.01. The van der Waals surface area contributed by atoms with Crippen LogP contribution in [-0.2, 0) is 4.74 Å². The number of unbranched alkanes of at least 4 members (excludes halogenated alkanes) is 1. The minimum absolute atomic E-state index is 0.304. The molecule has 118 valence electrons. The second kappa shape index (κ2) is 9.21. The third-order valence-electron chi connectivity index (χ3n) is 3.42. The fourth-order valence-corrected chi connectivity index (χ4v) is 2.01. The highest BCUT2D eigenvalue weighted by molar-refractivity contribution is 5.95. The fraction of sp³-hybridized carbons (Fsp3) is 0.625. The molecular weight excluding hydrogens is 268 g/mol. The van der Waals surface area contributed by atoms with Gasteiger partial charge in [0.25, 0.3) is 0 Å². The number of pyridine rings is 1. The molecule has 1 rings (SSSR count). The first-order valence-electron chi connectivity index (χ1n) is 7.67. The number of nitrogens with zero attached hydrogens (tertiary/aromatic N) is 1. The third-order valence-corrected chi connectivity index (χ3v) is 3.42. The van der Waals surface area contributed by atoms with Crippen LogP contribution in [0.4, 0.5) is 5.69 Å². The van der Waals surface area contributed by atoms with Gasteiger partial charge in [-0.25, -0.2) is 9.78 Å². The SMILES string of the molecule is CCCCC(CC)COc1cc(C(=O)OCC)c(N)cn1. The molecule has 0 spiro atoms.